The molecule has 15 heavy (non-hydrogen) atoms. The third-order valence-corrected chi connectivity index (χ3v) is 2.31. The van der Waals surface area contributed by atoms with Crippen molar-refractivity contribution in [1.29, 1.82) is 0 Å². The van der Waals surface area contributed by atoms with Crippen molar-refractivity contribution in [2.75, 3.05) is 6.54 Å². The van der Waals surface area contributed by atoms with E-state index in [2.05, 4.69) is 16.0 Å². The summed E-state index contributed by atoms with van der Waals surface area (Å²) >= 11 is 0. The molecule has 0 spiro atoms. The first kappa shape index (κ1) is 9.86. The van der Waals surface area contributed by atoms with E-state index >= 15 is 0 Å². The SMILES string of the molecule is Cc1nccn1-c1ccc(CCN)cn1. The number of hydrogen-bond acceptors (Lipinski definition) is 3. The van der Waals surface area contributed by atoms with Gasteiger partial charge in [-0.05, 0) is 31.5 Å². The summed E-state index contributed by atoms with van der Waals surface area (Å²) in [5.74, 6) is 1.83. The monoisotopic (exact) mass is 202 g/mol. The Morgan fingerprint density at radius 1 is 1.33 bits per heavy atom. The molecule has 4 heteroatoms. The predicted molar refractivity (Wildman–Crippen MR) is 58.9 cm³/mol. The van der Waals surface area contributed by atoms with Gasteiger partial charge >= 0.3 is 0 Å². The second-order valence-corrected chi connectivity index (χ2v) is 3.41. The van der Waals surface area contributed by atoms with Gasteiger partial charge in [0.05, 0.1) is 0 Å². The molecule has 0 radical (unpaired) electrons. The Morgan fingerprint density at radius 3 is 2.73 bits per heavy atom. The van der Waals surface area contributed by atoms with Gasteiger partial charge in [-0.25, -0.2) is 9.97 Å². The fraction of sp³-hybridized carbons (Fsp3) is 0.273. The lowest BCUT2D eigenvalue weighted by molar-refractivity contribution is 0.911. The molecule has 0 saturated heterocycles. The molecular weight excluding hydrogens is 188 g/mol. The molecule has 78 valence electrons. The summed E-state index contributed by atoms with van der Waals surface area (Å²) in [6, 6.07) is 4.04. The molecule has 0 aliphatic rings. The third-order valence-electron chi connectivity index (χ3n) is 2.31. The van der Waals surface area contributed by atoms with Crippen LogP contribution in [0.15, 0.2) is 30.7 Å². The topological polar surface area (TPSA) is 56.7 Å². The molecule has 0 aromatic carbocycles. The summed E-state index contributed by atoms with van der Waals surface area (Å²) in [4.78, 5) is 8.52. The van der Waals surface area contributed by atoms with E-state index in [0.717, 1.165) is 18.1 Å². The first-order chi connectivity index (χ1) is 7.31. The summed E-state index contributed by atoms with van der Waals surface area (Å²) in [6.45, 7) is 2.61. The van der Waals surface area contributed by atoms with Crippen LogP contribution in [-0.2, 0) is 6.42 Å². The molecule has 2 aromatic heterocycles. The van der Waals surface area contributed by atoms with Crippen LogP contribution < -0.4 is 5.73 Å². The highest BCUT2D eigenvalue weighted by Gasteiger charge is 2.01. The van der Waals surface area contributed by atoms with Crippen molar-refractivity contribution >= 4 is 0 Å². The third kappa shape index (κ3) is 2.05. The number of hydrogen-bond donors (Lipinski definition) is 1. The van der Waals surface area contributed by atoms with E-state index in [1.807, 2.05) is 30.0 Å². The van der Waals surface area contributed by atoms with Crippen LogP contribution in [0.3, 0.4) is 0 Å². The van der Waals surface area contributed by atoms with Crippen LogP contribution in [0.1, 0.15) is 11.4 Å². The zero-order valence-corrected chi connectivity index (χ0v) is 8.72. The summed E-state index contributed by atoms with van der Waals surface area (Å²) in [5, 5.41) is 0. The van der Waals surface area contributed by atoms with Crippen LogP contribution in [0.5, 0.6) is 0 Å². The number of nitrogens with zero attached hydrogens (tertiary/aromatic N) is 3. The Bertz CT molecular complexity index is 430. The van der Waals surface area contributed by atoms with Gasteiger partial charge in [0.1, 0.15) is 11.6 Å². The molecule has 0 unspecified atom stereocenters. The van der Waals surface area contributed by atoms with E-state index in [1.165, 1.54) is 5.56 Å². The minimum Gasteiger partial charge on any atom is -0.330 e. The first-order valence-electron chi connectivity index (χ1n) is 4.96. The molecule has 0 fully saturated rings. The van der Waals surface area contributed by atoms with E-state index in [0.29, 0.717) is 6.54 Å². The summed E-state index contributed by atoms with van der Waals surface area (Å²) in [7, 11) is 0. The second-order valence-electron chi connectivity index (χ2n) is 3.41. The van der Waals surface area contributed by atoms with Crippen LogP contribution in [0.25, 0.3) is 5.82 Å². The van der Waals surface area contributed by atoms with E-state index in [9.17, 15) is 0 Å². The number of rotatable bonds is 3. The van der Waals surface area contributed by atoms with E-state index in [-0.39, 0.29) is 0 Å². The smallest absolute Gasteiger partial charge is 0.137 e. The minimum absolute atomic E-state index is 0.658. The summed E-state index contributed by atoms with van der Waals surface area (Å²) in [6.07, 6.45) is 6.41. The van der Waals surface area contributed by atoms with Crippen molar-refractivity contribution in [1.82, 2.24) is 14.5 Å². The number of aromatic nitrogens is 3. The normalized spacial score (nSPS) is 10.5. The molecule has 0 aliphatic carbocycles. The average Bonchev–Trinajstić information content (AvgIpc) is 2.66. The summed E-state index contributed by atoms with van der Waals surface area (Å²) < 4.78 is 1.95. The van der Waals surface area contributed by atoms with Crippen molar-refractivity contribution in [3.8, 4) is 5.82 Å². The molecule has 0 atom stereocenters. The molecule has 2 rings (SSSR count). The molecule has 2 heterocycles. The minimum atomic E-state index is 0.658. The van der Waals surface area contributed by atoms with Gasteiger partial charge in [-0.15, -0.1) is 0 Å². The molecule has 2 N–H and O–H groups in total. The van der Waals surface area contributed by atoms with Crippen molar-refractivity contribution in [2.24, 2.45) is 5.73 Å². The Hall–Kier alpha value is -1.68. The van der Waals surface area contributed by atoms with E-state index in [4.69, 9.17) is 5.73 Å². The summed E-state index contributed by atoms with van der Waals surface area (Å²) in [5.41, 5.74) is 6.64. The molecule has 4 nitrogen and oxygen atoms in total. The van der Waals surface area contributed by atoms with Gasteiger partial charge < -0.3 is 5.73 Å². The lowest BCUT2D eigenvalue weighted by atomic mass is 10.2. The lowest BCUT2D eigenvalue weighted by Gasteiger charge is -2.04. The van der Waals surface area contributed by atoms with Crippen LogP contribution in [0.4, 0.5) is 0 Å². The van der Waals surface area contributed by atoms with Gasteiger partial charge in [-0.3, -0.25) is 4.57 Å². The van der Waals surface area contributed by atoms with Crippen LogP contribution >= 0.6 is 0 Å². The molecular formula is C11H14N4. The Balaban J connectivity index is 2.28. The average molecular weight is 202 g/mol. The molecule has 0 aliphatic heterocycles. The highest BCUT2D eigenvalue weighted by molar-refractivity contribution is 5.27. The van der Waals surface area contributed by atoms with Crippen LogP contribution in [0, 0.1) is 6.92 Å². The van der Waals surface area contributed by atoms with Gasteiger partial charge in [0.2, 0.25) is 0 Å². The van der Waals surface area contributed by atoms with Crippen molar-refractivity contribution < 1.29 is 0 Å². The largest absolute Gasteiger partial charge is 0.330 e. The number of pyridine rings is 1. The number of aryl methyl sites for hydroxylation is 1. The number of imidazole rings is 1. The van der Waals surface area contributed by atoms with Gasteiger partial charge in [0.25, 0.3) is 0 Å². The fourth-order valence-electron chi connectivity index (χ4n) is 1.49. The highest BCUT2D eigenvalue weighted by atomic mass is 15.1. The fourth-order valence-corrected chi connectivity index (χ4v) is 1.49. The van der Waals surface area contributed by atoms with Gasteiger partial charge in [-0.1, -0.05) is 6.07 Å². The standard InChI is InChI=1S/C11H14N4/c1-9-13-6-7-15(9)11-3-2-10(4-5-12)8-14-11/h2-3,6-8H,4-5,12H2,1H3. The maximum atomic E-state index is 5.47. The molecule has 2 aromatic rings. The van der Waals surface area contributed by atoms with E-state index in [1.54, 1.807) is 6.20 Å². The number of nitrogens with two attached hydrogens (primary N) is 1. The molecule has 0 bridgehead atoms. The van der Waals surface area contributed by atoms with Crippen LogP contribution in [-0.4, -0.2) is 21.1 Å². The van der Waals surface area contributed by atoms with E-state index < -0.39 is 0 Å². The maximum Gasteiger partial charge on any atom is 0.137 e. The van der Waals surface area contributed by atoms with Gasteiger partial charge in [-0.2, -0.15) is 0 Å². The first-order valence-corrected chi connectivity index (χ1v) is 4.96. The Kier molecular flexibility index (Phi) is 2.78. The van der Waals surface area contributed by atoms with Crippen molar-refractivity contribution in [3.63, 3.8) is 0 Å². The zero-order chi connectivity index (χ0) is 10.7. The highest BCUT2D eigenvalue weighted by Crippen LogP contribution is 2.08. The predicted octanol–water partition coefficient (Wildman–Crippen LogP) is 1.08. The Labute approximate surface area is 88.8 Å². The van der Waals surface area contributed by atoms with Crippen LogP contribution in [0.2, 0.25) is 0 Å². The van der Waals surface area contributed by atoms with Crippen molar-refractivity contribution in [3.05, 3.63) is 42.1 Å². The zero-order valence-electron chi connectivity index (χ0n) is 8.72. The molecule has 0 amide bonds. The van der Waals surface area contributed by atoms with Gasteiger partial charge in [0.15, 0.2) is 0 Å². The second kappa shape index (κ2) is 4.23. The Morgan fingerprint density at radius 2 is 2.20 bits per heavy atom. The molecule has 0 saturated carbocycles. The van der Waals surface area contributed by atoms with Gasteiger partial charge in [0, 0.05) is 18.6 Å². The van der Waals surface area contributed by atoms with Crippen molar-refractivity contribution in [2.45, 2.75) is 13.3 Å². The lowest BCUT2D eigenvalue weighted by Crippen LogP contribution is -2.04. The maximum absolute atomic E-state index is 5.47. The quantitative estimate of drug-likeness (QED) is 0.810.